The molecule has 3 rings (SSSR count). The van der Waals surface area contributed by atoms with Gasteiger partial charge in [0.05, 0.1) is 17.1 Å². The predicted molar refractivity (Wildman–Crippen MR) is 69.3 cm³/mol. The summed E-state index contributed by atoms with van der Waals surface area (Å²) in [6, 6.07) is 9.58. The molecule has 1 unspecified atom stereocenters. The van der Waals surface area contributed by atoms with Crippen LogP contribution in [0.1, 0.15) is 16.5 Å². The molecular weight excluding hydrogens is 234 g/mol. The standard InChI is InChI=1S/C12H11N3OS/c13-11(10-2-1-5-17-10)7-3-4-8-9(6-7)15-12(16)14-8/h1-6,11H,13H2,(H2,14,15,16). The van der Waals surface area contributed by atoms with Gasteiger partial charge in [0.2, 0.25) is 0 Å². The van der Waals surface area contributed by atoms with Crippen molar-refractivity contribution < 1.29 is 0 Å². The molecule has 1 aromatic carbocycles. The monoisotopic (exact) mass is 245 g/mol. The summed E-state index contributed by atoms with van der Waals surface area (Å²) >= 11 is 1.63. The van der Waals surface area contributed by atoms with Crippen LogP contribution in [0.25, 0.3) is 11.0 Å². The van der Waals surface area contributed by atoms with Gasteiger partial charge in [-0.1, -0.05) is 12.1 Å². The van der Waals surface area contributed by atoms with E-state index < -0.39 is 0 Å². The average Bonchev–Trinajstić information content (AvgIpc) is 2.94. The number of nitrogens with two attached hydrogens (primary N) is 1. The summed E-state index contributed by atoms with van der Waals surface area (Å²) in [5, 5.41) is 2.01. The van der Waals surface area contributed by atoms with E-state index in [2.05, 4.69) is 9.97 Å². The number of fused-ring (bicyclic) bond motifs is 1. The lowest BCUT2D eigenvalue weighted by atomic mass is 10.1. The first-order valence-electron chi connectivity index (χ1n) is 5.25. The summed E-state index contributed by atoms with van der Waals surface area (Å²) in [6.45, 7) is 0. The third-order valence-corrected chi connectivity index (χ3v) is 3.70. The maximum Gasteiger partial charge on any atom is 0.323 e. The zero-order chi connectivity index (χ0) is 11.8. The van der Waals surface area contributed by atoms with Crippen molar-refractivity contribution in [3.8, 4) is 0 Å². The lowest BCUT2D eigenvalue weighted by Crippen LogP contribution is -2.09. The first-order chi connectivity index (χ1) is 8.24. The van der Waals surface area contributed by atoms with Crippen molar-refractivity contribution in [1.29, 1.82) is 0 Å². The van der Waals surface area contributed by atoms with Gasteiger partial charge in [-0.05, 0) is 29.1 Å². The summed E-state index contributed by atoms with van der Waals surface area (Å²) in [7, 11) is 0. The molecule has 1 atom stereocenters. The molecule has 0 aliphatic heterocycles. The van der Waals surface area contributed by atoms with Crippen molar-refractivity contribution in [2.45, 2.75) is 6.04 Å². The lowest BCUT2D eigenvalue weighted by molar-refractivity contribution is 0.895. The Morgan fingerprint density at radius 2 is 2.00 bits per heavy atom. The Hall–Kier alpha value is -1.85. The van der Waals surface area contributed by atoms with E-state index in [9.17, 15) is 4.79 Å². The van der Waals surface area contributed by atoms with Gasteiger partial charge in [0.1, 0.15) is 0 Å². The van der Waals surface area contributed by atoms with E-state index in [0.717, 1.165) is 21.5 Å². The quantitative estimate of drug-likeness (QED) is 0.645. The highest BCUT2D eigenvalue weighted by Gasteiger charge is 2.10. The van der Waals surface area contributed by atoms with Crippen LogP contribution in [0.4, 0.5) is 0 Å². The molecule has 0 aliphatic rings. The smallest absolute Gasteiger partial charge is 0.320 e. The lowest BCUT2D eigenvalue weighted by Gasteiger charge is -2.09. The predicted octanol–water partition coefficient (Wildman–Crippen LogP) is 1.97. The largest absolute Gasteiger partial charge is 0.323 e. The minimum absolute atomic E-state index is 0.141. The van der Waals surface area contributed by atoms with Gasteiger partial charge in [-0.2, -0.15) is 0 Å². The van der Waals surface area contributed by atoms with Gasteiger partial charge in [-0.3, -0.25) is 0 Å². The van der Waals surface area contributed by atoms with Crippen molar-refractivity contribution in [3.05, 3.63) is 56.6 Å². The molecule has 0 saturated carbocycles. The third-order valence-electron chi connectivity index (χ3n) is 2.75. The molecule has 2 heterocycles. The summed E-state index contributed by atoms with van der Waals surface area (Å²) in [6.07, 6.45) is 0. The Morgan fingerprint density at radius 1 is 1.18 bits per heavy atom. The molecule has 5 heteroatoms. The second-order valence-electron chi connectivity index (χ2n) is 3.88. The number of aromatic amines is 2. The van der Waals surface area contributed by atoms with E-state index in [1.165, 1.54) is 0 Å². The Balaban J connectivity index is 2.08. The van der Waals surface area contributed by atoms with Gasteiger partial charge >= 0.3 is 5.69 Å². The van der Waals surface area contributed by atoms with Crippen LogP contribution >= 0.6 is 11.3 Å². The van der Waals surface area contributed by atoms with Crippen LogP contribution in [0.5, 0.6) is 0 Å². The van der Waals surface area contributed by atoms with Crippen molar-refractivity contribution in [2.24, 2.45) is 5.73 Å². The number of aromatic nitrogens is 2. The SMILES string of the molecule is NC(c1ccc2[nH]c(=O)[nH]c2c1)c1cccs1. The fourth-order valence-electron chi connectivity index (χ4n) is 1.88. The number of hydrogen-bond acceptors (Lipinski definition) is 3. The highest BCUT2D eigenvalue weighted by molar-refractivity contribution is 7.10. The number of hydrogen-bond donors (Lipinski definition) is 3. The molecule has 2 aromatic heterocycles. The van der Waals surface area contributed by atoms with Gasteiger partial charge in [-0.15, -0.1) is 11.3 Å². The number of benzene rings is 1. The molecule has 0 amide bonds. The van der Waals surface area contributed by atoms with Crippen molar-refractivity contribution in [3.63, 3.8) is 0 Å². The van der Waals surface area contributed by atoms with Crippen LogP contribution in [-0.4, -0.2) is 9.97 Å². The van der Waals surface area contributed by atoms with Gasteiger partial charge < -0.3 is 15.7 Å². The highest BCUT2D eigenvalue weighted by Crippen LogP contribution is 2.25. The van der Waals surface area contributed by atoms with Crippen LogP contribution in [0, 0.1) is 0 Å². The van der Waals surface area contributed by atoms with Gasteiger partial charge in [-0.25, -0.2) is 4.79 Å². The molecular formula is C12H11N3OS. The minimum Gasteiger partial charge on any atom is -0.320 e. The van der Waals surface area contributed by atoms with E-state index in [0.29, 0.717) is 0 Å². The summed E-state index contributed by atoms with van der Waals surface area (Å²) in [4.78, 5) is 17.7. The Bertz CT molecular complexity index is 696. The molecule has 0 aliphatic carbocycles. The molecule has 0 saturated heterocycles. The van der Waals surface area contributed by atoms with Gasteiger partial charge in [0.15, 0.2) is 0 Å². The summed E-state index contributed by atoms with van der Waals surface area (Å²) < 4.78 is 0. The summed E-state index contributed by atoms with van der Waals surface area (Å²) in [5.41, 5.74) is 8.56. The van der Waals surface area contributed by atoms with Crippen LogP contribution in [0.2, 0.25) is 0 Å². The van der Waals surface area contributed by atoms with Crippen molar-refractivity contribution >= 4 is 22.4 Å². The average molecular weight is 245 g/mol. The number of nitrogens with one attached hydrogen (secondary N) is 2. The second-order valence-corrected chi connectivity index (χ2v) is 4.86. The number of rotatable bonds is 2. The van der Waals surface area contributed by atoms with Gasteiger partial charge in [0.25, 0.3) is 0 Å². The van der Waals surface area contributed by atoms with Crippen LogP contribution in [0.15, 0.2) is 40.5 Å². The van der Waals surface area contributed by atoms with Crippen LogP contribution < -0.4 is 11.4 Å². The zero-order valence-corrected chi connectivity index (χ0v) is 9.75. The molecule has 86 valence electrons. The first-order valence-corrected chi connectivity index (χ1v) is 6.13. The topological polar surface area (TPSA) is 74.7 Å². The molecule has 3 aromatic rings. The van der Waals surface area contributed by atoms with E-state index in [1.54, 1.807) is 11.3 Å². The number of H-pyrrole nitrogens is 2. The number of imidazole rings is 1. The van der Waals surface area contributed by atoms with Crippen LogP contribution in [0.3, 0.4) is 0 Å². The zero-order valence-electron chi connectivity index (χ0n) is 8.94. The van der Waals surface area contributed by atoms with E-state index in [1.807, 2.05) is 35.7 Å². The van der Waals surface area contributed by atoms with E-state index in [4.69, 9.17) is 5.73 Å². The first kappa shape index (κ1) is 10.3. The second kappa shape index (κ2) is 3.87. The maximum atomic E-state index is 11.2. The van der Waals surface area contributed by atoms with Gasteiger partial charge in [0, 0.05) is 4.88 Å². The van der Waals surface area contributed by atoms with Crippen molar-refractivity contribution in [2.75, 3.05) is 0 Å². The van der Waals surface area contributed by atoms with Crippen LogP contribution in [-0.2, 0) is 0 Å². The summed E-state index contributed by atoms with van der Waals surface area (Å²) in [5.74, 6) is 0. The molecule has 17 heavy (non-hydrogen) atoms. The fraction of sp³-hybridized carbons (Fsp3) is 0.0833. The molecule has 4 N–H and O–H groups in total. The Morgan fingerprint density at radius 3 is 2.76 bits per heavy atom. The molecule has 0 fully saturated rings. The van der Waals surface area contributed by atoms with E-state index in [-0.39, 0.29) is 11.7 Å². The highest BCUT2D eigenvalue weighted by atomic mass is 32.1. The fourth-order valence-corrected chi connectivity index (χ4v) is 2.63. The Labute approximate surface area is 101 Å². The molecule has 0 bridgehead atoms. The normalized spacial score (nSPS) is 13.0. The molecule has 0 radical (unpaired) electrons. The Kier molecular flexibility index (Phi) is 2.35. The minimum atomic E-state index is -0.193. The van der Waals surface area contributed by atoms with E-state index >= 15 is 0 Å². The number of thiophene rings is 1. The molecule has 0 spiro atoms. The molecule has 4 nitrogen and oxygen atoms in total. The van der Waals surface area contributed by atoms with Crippen molar-refractivity contribution in [1.82, 2.24) is 9.97 Å². The maximum absolute atomic E-state index is 11.2. The third kappa shape index (κ3) is 1.79.